The summed E-state index contributed by atoms with van der Waals surface area (Å²) in [5.74, 6) is -0.979. The lowest BCUT2D eigenvalue weighted by Gasteiger charge is -1.96. The molecule has 1 aromatic rings. The van der Waals surface area contributed by atoms with Crippen LogP contribution in [0.1, 0.15) is 5.82 Å². The predicted octanol–water partition coefficient (Wildman–Crippen LogP) is -0.0661. The number of carboxylic acids is 1. The number of rotatable bonds is 3. The average molecular weight is 181 g/mol. The van der Waals surface area contributed by atoms with E-state index in [0.29, 0.717) is 5.82 Å². The zero-order chi connectivity index (χ0) is 9.68. The van der Waals surface area contributed by atoms with Crippen molar-refractivity contribution in [3.8, 4) is 0 Å². The summed E-state index contributed by atoms with van der Waals surface area (Å²) >= 11 is 0. The number of aliphatic carboxylic acids is 1. The molecule has 6 heteroatoms. The number of carboxylic acid groups (broad SMARTS) is 1. The Morgan fingerprint density at radius 3 is 2.54 bits per heavy atom. The molecule has 0 fully saturated rings. The van der Waals surface area contributed by atoms with Crippen LogP contribution in [0.4, 0.5) is 0 Å². The van der Waals surface area contributed by atoms with Crippen LogP contribution in [0.3, 0.4) is 0 Å². The highest BCUT2D eigenvalue weighted by molar-refractivity contribution is 6.35. The first-order chi connectivity index (χ1) is 6.24. The van der Waals surface area contributed by atoms with Gasteiger partial charge in [-0.25, -0.2) is 14.8 Å². The Bertz CT molecular complexity index is 323. The van der Waals surface area contributed by atoms with Crippen LogP contribution in [0.25, 0.3) is 0 Å². The molecule has 6 nitrogen and oxygen atoms in total. The molecule has 0 aromatic carbocycles. The molecule has 0 spiro atoms. The van der Waals surface area contributed by atoms with Crippen molar-refractivity contribution in [2.24, 2.45) is 5.16 Å². The normalized spacial score (nSPS) is 11.2. The summed E-state index contributed by atoms with van der Waals surface area (Å²) in [6, 6.07) is 1.61. The minimum absolute atomic E-state index is 0.0906. The molecule has 1 aromatic heterocycles. The topological polar surface area (TPSA) is 95.7 Å². The maximum Gasteiger partial charge on any atom is 0.354 e. The molecule has 0 unspecified atom stereocenters. The van der Waals surface area contributed by atoms with Gasteiger partial charge in [0.25, 0.3) is 0 Å². The monoisotopic (exact) mass is 181 g/mol. The zero-order valence-electron chi connectivity index (χ0n) is 6.58. The van der Waals surface area contributed by atoms with E-state index >= 15 is 0 Å². The molecule has 2 N–H and O–H groups in total. The molecule has 0 bridgehead atoms. The van der Waals surface area contributed by atoms with Crippen molar-refractivity contribution in [1.29, 1.82) is 0 Å². The summed E-state index contributed by atoms with van der Waals surface area (Å²) < 4.78 is 0. The molecule has 0 amide bonds. The minimum Gasteiger partial charge on any atom is -0.477 e. The van der Waals surface area contributed by atoms with Gasteiger partial charge >= 0.3 is 5.97 Å². The standard InChI is InChI=1S/C7H7N3O3/c11-7(12)5(10-13)4-6-8-2-1-3-9-6/h1-3,13H,4H2,(H,11,12)/b10-5+. The number of hydrogen-bond acceptors (Lipinski definition) is 5. The predicted molar refractivity (Wildman–Crippen MR) is 42.6 cm³/mol. The van der Waals surface area contributed by atoms with Gasteiger partial charge < -0.3 is 10.3 Å². The van der Waals surface area contributed by atoms with Gasteiger partial charge in [-0.2, -0.15) is 0 Å². The summed E-state index contributed by atoms with van der Waals surface area (Å²) in [7, 11) is 0. The molecule has 13 heavy (non-hydrogen) atoms. The average Bonchev–Trinajstić information content (AvgIpc) is 2.15. The van der Waals surface area contributed by atoms with Crippen molar-refractivity contribution in [1.82, 2.24) is 9.97 Å². The first-order valence-corrected chi connectivity index (χ1v) is 3.44. The number of oxime groups is 1. The molecule has 0 atom stereocenters. The summed E-state index contributed by atoms with van der Waals surface area (Å²) in [5, 5.41) is 19.4. The molecule has 0 saturated heterocycles. The minimum atomic E-state index is -1.28. The second kappa shape index (κ2) is 4.15. The second-order valence-electron chi connectivity index (χ2n) is 2.19. The SMILES string of the molecule is O=C(O)/C(Cc1ncccn1)=N/O. The van der Waals surface area contributed by atoms with Gasteiger partial charge in [0.1, 0.15) is 5.82 Å². The molecule has 0 aliphatic rings. The molecule has 0 aliphatic carbocycles. The van der Waals surface area contributed by atoms with E-state index in [1.807, 2.05) is 0 Å². The zero-order valence-corrected chi connectivity index (χ0v) is 6.58. The largest absolute Gasteiger partial charge is 0.477 e. The first-order valence-electron chi connectivity index (χ1n) is 3.44. The summed E-state index contributed by atoms with van der Waals surface area (Å²) in [6.07, 6.45) is 2.88. The second-order valence-corrected chi connectivity index (χ2v) is 2.19. The summed E-state index contributed by atoms with van der Waals surface area (Å²) in [4.78, 5) is 18.0. The fraction of sp³-hybridized carbons (Fsp3) is 0.143. The number of carbonyl (C=O) groups is 1. The van der Waals surface area contributed by atoms with Crippen molar-refractivity contribution in [3.63, 3.8) is 0 Å². The van der Waals surface area contributed by atoms with Crippen LogP contribution < -0.4 is 0 Å². The fourth-order valence-corrected chi connectivity index (χ4v) is 0.725. The highest BCUT2D eigenvalue weighted by Gasteiger charge is 2.11. The van der Waals surface area contributed by atoms with Crippen molar-refractivity contribution < 1.29 is 15.1 Å². The third-order valence-corrected chi connectivity index (χ3v) is 1.31. The van der Waals surface area contributed by atoms with Crippen LogP contribution in [0.5, 0.6) is 0 Å². The van der Waals surface area contributed by atoms with E-state index in [0.717, 1.165) is 0 Å². The molecule has 68 valence electrons. The van der Waals surface area contributed by atoms with Gasteiger partial charge in [-0.3, -0.25) is 0 Å². The van der Waals surface area contributed by atoms with E-state index in [2.05, 4.69) is 15.1 Å². The van der Waals surface area contributed by atoms with Gasteiger partial charge in [-0.15, -0.1) is 0 Å². The first kappa shape index (κ1) is 9.11. The van der Waals surface area contributed by atoms with E-state index < -0.39 is 5.97 Å². The Hall–Kier alpha value is -1.98. The van der Waals surface area contributed by atoms with Gasteiger partial charge in [0.05, 0.1) is 6.42 Å². The quantitative estimate of drug-likeness (QED) is 0.386. The van der Waals surface area contributed by atoms with Crippen LogP contribution in [0.15, 0.2) is 23.6 Å². The van der Waals surface area contributed by atoms with Crippen LogP contribution in [0, 0.1) is 0 Å². The Morgan fingerprint density at radius 1 is 1.46 bits per heavy atom. The Morgan fingerprint density at radius 2 is 2.08 bits per heavy atom. The van der Waals surface area contributed by atoms with Crippen LogP contribution in [-0.4, -0.2) is 32.0 Å². The lowest BCUT2D eigenvalue weighted by Crippen LogP contribution is -2.17. The number of aromatic nitrogens is 2. The Balaban J connectivity index is 2.74. The van der Waals surface area contributed by atoms with Crippen LogP contribution in [0.2, 0.25) is 0 Å². The van der Waals surface area contributed by atoms with Gasteiger partial charge in [-0.1, -0.05) is 5.16 Å². The van der Waals surface area contributed by atoms with Gasteiger partial charge in [-0.05, 0) is 6.07 Å². The third-order valence-electron chi connectivity index (χ3n) is 1.31. The van der Waals surface area contributed by atoms with Gasteiger partial charge in [0.2, 0.25) is 0 Å². The number of hydrogen-bond donors (Lipinski definition) is 2. The van der Waals surface area contributed by atoms with Crippen molar-refractivity contribution >= 4 is 11.7 Å². The van der Waals surface area contributed by atoms with E-state index in [9.17, 15) is 4.79 Å². The van der Waals surface area contributed by atoms with E-state index in [-0.39, 0.29) is 12.1 Å². The van der Waals surface area contributed by atoms with Crippen molar-refractivity contribution in [2.45, 2.75) is 6.42 Å². The highest BCUT2D eigenvalue weighted by Crippen LogP contribution is 1.92. The summed E-state index contributed by atoms with van der Waals surface area (Å²) in [5.41, 5.74) is -0.383. The highest BCUT2D eigenvalue weighted by atomic mass is 16.4. The van der Waals surface area contributed by atoms with Gasteiger partial charge in [0, 0.05) is 12.4 Å². The van der Waals surface area contributed by atoms with Crippen LogP contribution in [-0.2, 0) is 11.2 Å². The Kier molecular flexibility index (Phi) is 2.91. The molecule has 1 heterocycles. The van der Waals surface area contributed by atoms with Crippen molar-refractivity contribution in [2.75, 3.05) is 0 Å². The van der Waals surface area contributed by atoms with Crippen molar-refractivity contribution in [3.05, 3.63) is 24.3 Å². The van der Waals surface area contributed by atoms with E-state index in [1.165, 1.54) is 12.4 Å². The summed E-state index contributed by atoms with van der Waals surface area (Å²) in [6.45, 7) is 0. The fourth-order valence-electron chi connectivity index (χ4n) is 0.725. The van der Waals surface area contributed by atoms with E-state index in [4.69, 9.17) is 10.3 Å². The van der Waals surface area contributed by atoms with Crippen LogP contribution >= 0.6 is 0 Å². The van der Waals surface area contributed by atoms with E-state index in [1.54, 1.807) is 6.07 Å². The molecule has 0 radical (unpaired) electrons. The molecular weight excluding hydrogens is 174 g/mol. The molecule has 0 saturated carbocycles. The smallest absolute Gasteiger partial charge is 0.354 e. The molecule has 0 aliphatic heterocycles. The lowest BCUT2D eigenvalue weighted by atomic mass is 10.2. The Labute approximate surface area is 73.6 Å². The maximum atomic E-state index is 10.4. The van der Waals surface area contributed by atoms with Gasteiger partial charge in [0.15, 0.2) is 5.71 Å². The molecule has 1 rings (SSSR count). The third kappa shape index (κ3) is 2.51. The lowest BCUT2D eigenvalue weighted by molar-refractivity contribution is -0.129. The number of nitrogens with zero attached hydrogens (tertiary/aromatic N) is 3. The molecular formula is C7H7N3O3. The maximum absolute atomic E-state index is 10.4.